The van der Waals surface area contributed by atoms with Crippen molar-refractivity contribution in [3.63, 3.8) is 0 Å². The number of imidazole rings is 1. The molecular weight excluding hydrogens is 1020 g/mol. The number of hydrogen-bond acceptors (Lipinski definition) is 2. The number of hydrogen-bond donors (Lipinski definition) is 0. The third-order valence-corrected chi connectivity index (χ3v) is 12.1. The summed E-state index contributed by atoms with van der Waals surface area (Å²) in [5.74, 6) is 1.67. The third kappa shape index (κ3) is 8.96. The number of fused-ring (bicyclic) bond motifs is 4. The summed E-state index contributed by atoms with van der Waals surface area (Å²) < 4.78 is 74.9. The topological polar surface area (TPSA) is 35.9 Å². The molecule has 0 aliphatic rings. The van der Waals surface area contributed by atoms with Gasteiger partial charge in [-0.05, 0) is 91.0 Å². The van der Waals surface area contributed by atoms with Gasteiger partial charge in [0.1, 0.15) is 5.82 Å². The van der Waals surface area contributed by atoms with Crippen LogP contribution in [0.1, 0.15) is 62.3 Å². The van der Waals surface area contributed by atoms with Gasteiger partial charge in [0.2, 0.25) is 0 Å². The van der Waals surface area contributed by atoms with Crippen LogP contribution in [0.15, 0.2) is 194 Å². The minimum Gasteiger partial charge on any atom is -0.510 e. The van der Waals surface area contributed by atoms with E-state index < -0.39 is 29.9 Å². The molecule has 0 aliphatic heterocycles. The molecule has 6 heteroatoms. The van der Waals surface area contributed by atoms with Crippen LogP contribution in [0.25, 0.3) is 83.4 Å². The van der Waals surface area contributed by atoms with E-state index in [2.05, 4.69) is 92.3 Å². The van der Waals surface area contributed by atoms with Crippen LogP contribution in [0.3, 0.4) is 0 Å². The second-order valence-electron chi connectivity index (χ2n) is 19.1. The van der Waals surface area contributed by atoms with E-state index in [9.17, 15) is 2.74 Å². The van der Waals surface area contributed by atoms with Crippen LogP contribution in [0.2, 0.25) is 0 Å². The molecule has 11 rings (SSSR count). The Morgan fingerprint density at radius 2 is 1.35 bits per heavy atom. The van der Waals surface area contributed by atoms with Gasteiger partial charge in [-0.1, -0.05) is 186 Å². The van der Waals surface area contributed by atoms with Crippen molar-refractivity contribution in [2.24, 2.45) is 5.41 Å². The first-order valence-corrected chi connectivity index (χ1v) is 22.8. The molecule has 3 heterocycles. The average molecular weight is 1080 g/mol. The Morgan fingerprint density at radius 3 is 2.14 bits per heavy atom. The number of benzene rings is 8. The summed E-state index contributed by atoms with van der Waals surface area (Å²) in [4.78, 5) is 4.90. The average Bonchev–Trinajstić information content (AvgIpc) is 3.99. The van der Waals surface area contributed by atoms with Crippen molar-refractivity contribution in [2.75, 3.05) is 0 Å². The van der Waals surface area contributed by atoms with Crippen molar-refractivity contribution < 1.29 is 40.0 Å². The van der Waals surface area contributed by atoms with Gasteiger partial charge >= 0.3 is 0 Å². The zero-order valence-electron chi connectivity index (χ0n) is 46.1. The molecule has 8 aromatic carbocycles. The van der Waals surface area contributed by atoms with Crippen LogP contribution < -0.4 is 9.30 Å². The Morgan fingerprint density at radius 1 is 0.623 bits per heavy atom. The van der Waals surface area contributed by atoms with Crippen LogP contribution in [0, 0.1) is 23.9 Å². The fourth-order valence-electron chi connectivity index (χ4n) is 8.99. The molecule has 342 valence electrons. The van der Waals surface area contributed by atoms with E-state index in [1.54, 1.807) is 18.2 Å². The zero-order valence-corrected chi connectivity index (χ0v) is 41.4. The fraction of sp³-hybridized carbons (Fsp3) is 0.143. The van der Waals surface area contributed by atoms with Crippen LogP contribution in [-0.2, 0) is 32.9 Å². The summed E-state index contributed by atoms with van der Waals surface area (Å²) in [6.45, 7) is 12.2. The molecule has 3 aromatic heterocycles. The van der Waals surface area contributed by atoms with Crippen molar-refractivity contribution in [3.05, 3.63) is 224 Å². The van der Waals surface area contributed by atoms with Crippen molar-refractivity contribution in [2.45, 2.75) is 53.3 Å². The van der Waals surface area contributed by atoms with E-state index in [0.717, 1.165) is 49.8 Å². The molecule has 0 saturated carbocycles. The van der Waals surface area contributed by atoms with Crippen molar-refractivity contribution in [1.82, 2.24) is 14.1 Å². The Hall–Kier alpha value is -7.33. The molecule has 11 aromatic rings. The first-order chi connectivity index (χ1) is 35.8. The van der Waals surface area contributed by atoms with Gasteiger partial charge in [-0.3, -0.25) is 4.57 Å². The molecule has 5 nitrogen and oxygen atoms in total. The summed E-state index contributed by atoms with van der Waals surface area (Å²) >= 11 is 0. The molecule has 0 radical (unpaired) electrons. The summed E-state index contributed by atoms with van der Waals surface area (Å²) in [7, 11) is 0. The molecule has 0 N–H and O–H groups in total. The van der Waals surface area contributed by atoms with Gasteiger partial charge in [-0.15, -0.1) is 29.7 Å². The molecule has 0 aliphatic carbocycles. The summed E-state index contributed by atoms with van der Waals surface area (Å²) in [6, 6.07) is 56.2. The Balaban J connectivity index is 0.00000657. The van der Waals surface area contributed by atoms with Crippen LogP contribution in [0.5, 0.6) is 11.5 Å². The summed E-state index contributed by atoms with van der Waals surface area (Å²) in [5.41, 5.74) is 9.05. The normalized spacial score (nSPS) is 13.5. The molecular formula is C63H52N4OPt-2. The van der Waals surface area contributed by atoms with Crippen LogP contribution >= 0.6 is 0 Å². The molecule has 0 unspecified atom stereocenters. The predicted molar refractivity (Wildman–Crippen MR) is 278 cm³/mol. The smallest absolute Gasteiger partial charge is 0.268 e. The van der Waals surface area contributed by atoms with Crippen LogP contribution in [-0.4, -0.2) is 14.1 Å². The van der Waals surface area contributed by atoms with Gasteiger partial charge < -0.3 is 13.9 Å². The van der Waals surface area contributed by atoms with E-state index in [0.29, 0.717) is 50.6 Å². The minimum atomic E-state index is -1.71. The maximum atomic E-state index is 9.18. The standard InChI is InChI=1S/C63H52N4O.Pt/c1-62(2,3)41-43-18-15-23-47(36-43)53-27-17-26-52(45-21-11-8-12-22-45)61(53)66-42-65(57-28-13-14-29-58(57)66)49-24-16-25-50(39-49)68-51-31-32-54-55-37-46(44-19-9-7-10-20-44)30-33-56(55)67(59(54)40-51)60-38-48(34-35-64-60)63(4,5)6;/h7-38H,41H2,1-6H3;/q-2;/i8D,11D,12D,21D,22D,41D2;. The van der Waals surface area contributed by atoms with E-state index in [4.69, 9.17) is 16.6 Å². The van der Waals surface area contributed by atoms with Gasteiger partial charge in [0.15, 0.2) is 0 Å². The third-order valence-electron chi connectivity index (χ3n) is 12.1. The Bertz CT molecular complexity index is 4030. The van der Waals surface area contributed by atoms with E-state index in [1.165, 1.54) is 0 Å². The molecule has 0 saturated heterocycles. The maximum Gasteiger partial charge on any atom is 0.268 e. The predicted octanol–water partition coefficient (Wildman–Crippen LogP) is 15.5. The van der Waals surface area contributed by atoms with E-state index in [-0.39, 0.29) is 44.1 Å². The fourth-order valence-corrected chi connectivity index (χ4v) is 8.99. The SMILES string of the molecule is [2H]c1c([2H])c([2H])c(-c2cccc(-c3cccc(C([2H])([2H])C(C)(C)C)c3)c2-[n+]2[c-]n(-c3[c-]c(Oc4[c-]c5c(cc4)c4cc(-c6ccccc6)ccc4n5-c4cc(C(C)(C)C)ccn4)ccc3)c3ccccc32)c([2H])c1[2H].[Pt]. The summed E-state index contributed by atoms with van der Waals surface area (Å²) in [6.07, 6.45) is 3.73. The number of pyridine rings is 1. The molecule has 0 spiro atoms. The minimum absolute atomic E-state index is 0. The largest absolute Gasteiger partial charge is 0.510 e. The molecule has 0 bridgehead atoms. The molecule has 69 heavy (non-hydrogen) atoms. The first kappa shape index (κ1) is 37.6. The molecule has 0 fully saturated rings. The zero-order chi connectivity index (χ0) is 52.7. The second kappa shape index (κ2) is 18.3. The van der Waals surface area contributed by atoms with Crippen molar-refractivity contribution in [3.8, 4) is 62.1 Å². The summed E-state index contributed by atoms with van der Waals surface area (Å²) in [5, 5.41) is 2.06. The van der Waals surface area contributed by atoms with Gasteiger partial charge in [-0.25, -0.2) is 4.98 Å². The van der Waals surface area contributed by atoms with Gasteiger partial charge in [0.25, 0.3) is 6.33 Å². The Kier molecular flexibility index (Phi) is 9.97. The number of rotatable bonds is 9. The quantitative estimate of drug-likeness (QED) is 0.107. The number of ether oxygens (including phenoxy) is 1. The van der Waals surface area contributed by atoms with E-state index >= 15 is 0 Å². The van der Waals surface area contributed by atoms with Crippen molar-refractivity contribution >= 4 is 32.8 Å². The van der Waals surface area contributed by atoms with Gasteiger partial charge in [-0.2, -0.15) is 18.2 Å². The monoisotopic (exact) mass is 1080 g/mol. The number of aromatic nitrogens is 4. The second-order valence-corrected chi connectivity index (χ2v) is 19.1. The van der Waals surface area contributed by atoms with Crippen LogP contribution in [0.4, 0.5) is 0 Å². The maximum absolute atomic E-state index is 9.18. The van der Waals surface area contributed by atoms with E-state index in [1.807, 2.05) is 127 Å². The number of para-hydroxylation sites is 3. The van der Waals surface area contributed by atoms with Gasteiger partial charge in [0, 0.05) is 47.0 Å². The first-order valence-electron chi connectivity index (χ1n) is 26.3. The van der Waals surface area contributed by atoms with Gasteiger partial charge in [0.05, 0.1) is 23.6 Å². The number of nitrogens with zero attached hydrogens (tertiary/aromatic N) is 4. The Labute approximate surface area is 429 Å². The molecule has 0 amide bonds. The molecule has 0 atom stereocenters. The van der Waals surface area contributed by atoms with Crippen molar-refractivity contribution in [1.29, 1.82) is 0 Å².